The number of thiocarbonyl (C=S) groups is 1. The number of carboxylic acids is 1. The molecule has 2 aromatic rings. The molecule has 1 heterocycles. The topological polar surface area (TPSA) is 85.3 Å². The molecule has 7 nitrogen and oxygen atoms in total. The molecule has 1 unspecified atom stereocenters. The molecule has 0 spiro atoms. The van der Waals surface area contributed by atoms with Gasteiger partial charge in [0, 0.05) is 6.42 Å². The minimum atomic E-state index is -1.12. The number of aliphatic carboxylic acids is 1. The fraction of sp³-hybridized carbons (Fsp3) is 0.227. The number of hydrogen-bond donors (Lipinski definition) is 1. The first-order chi connectivity index (χ1) is 14.9. The number of carboxylic acid groups (broad SMARTS) is 1. The Morgan fingerprint density at radius 1 is 1.13 bits per heavy atom. The zero-order valence-electron chi connectivity index (χ0n) is 17.2. The molecule has 1 aliphatic rings. The van der Waals surface area contributed by atoms with Gasteiger partial charge in [-0.2, -0.15) is 0 Å². The van der Waals surface area contributed by atoms with E-state index >= 15 is 0 Å². The quantitative estimate of drug-likeness (QED) is 0.473. The minimum absolute atomic E-state index is 0.153. The number of carbonyl (C=O) groups is 2. The van der Waals surface area contributed by atoms with Crippen molar-refractivity contribution in [3.8, 4) is 17.2 Å². The molecule has 1 atom stereocenters. The van der Waals surface area contributed by atoms with Gasteiger partial charge in [0.1, 0.15) is 10.4 Å². The summed E-state index contributed by atoms with van der Waals surface area (Å²) in [6, 6.07) is 11.4. The van der Waals surface area contributed by atoms with Crippen LogP contribution in [-0.4, -0.2) is 53.6 Å². The Morgan fingerprint density at radius 3 is 2.26 bits per heavy atom. The maximum absolute atomic E-state index is 13.1. The Hall–Kier alpha value is -3.04. The lowest BCUT2D eigenvalue weighted by atomic mass is 10.0. The van der Waals surface area contributed by atoms with Crippen LogP contribution in [0, 0.1) is 0 Å². The van der Waals surface area contributed by atoms with E-state index < -0.39 is 17.9 Å². The van der Waals surface area contributed by atoms with Crippen LogP contribution in [0.2, 0.25) is 0 Å². The molecule has 0 bridgehead atoms. The van der Waals surface area contributed by atoms with Crippen LogP contribution in [-0.2, 0) is 16.0 Å². The summed E-state index contributed by atoms with van der Waals surface area (Å²) >= 11 is 6.42. The van der Waals surface area contributed by atoms with Gasteiger partial charge in [0.25, 0.3) is 5.91 Å². The number of methoxy groups -OCH3 is 3. The number of nitrogens with zero attached hydrogens (tertiary/aromatic N) is 1. The summed E-state index contributed by atoms with van der Waals surface area (Å²) < 4.78 is 16.2. The molecule has 31 heavy (non-hydrogen) atoms. The standard InChI is InChI=1S/C22H21NO6S2/c1-27-16-10-14(11-17(28-2)19(16)29-3)12-18-20(24)23(22(30)31-18)15(21(25)26)9-13-7-5-4-6-8-13/h4-8,10-12,15H,9H2,1-3H3,(H,25,26)/b18-12+. The zero-order valence-corrected chi connectivity index (χ0v) is 18.8. The van der Waals surface area contributed by atoms with Crippen LogP contribution in [0.1, 0.15) is 11.1 Å². The number of carbonyl (C=O) groups excluding carboxylic acids is 1. The van der Waals surface area contributed by atoms with Crippen molar-refractivity contribution in [1.29, 1.82) is 0 Å². The van der Waals surface area contributed by atoms with E-state index in [1.54, 1.807) is 18.2 Å². The molecule has 0 saturated carbocycles. The number of hydrogen-bond acceptors (Lipinski definition) is 7. The predicted molar refractivity (Wildman–Crippen MR) is 123 cm³/mol. The van der Waals surface area contributed by atoms with E-state index in [2.05, 4.69) is 0 Å². The van der Waals surface area contributed by atoms with E-state index in [4.69, 9.17) is 26.4 Å². The maximum atomic E-state index is 13.1. The lowest BCUT2D eigenvalue weighted by Crippen LogP contribution is -2.45. The van der Waals surface area contributed by atoms with Crippen molar-refractivity contribution >= 4 is 46.3 Å². The Morgan fingerprint density at radius 2 is 1.74 bits per heavy atom. The molecule has 0 radical (unpaired) electrons. The first kappa shape index (κ1) is 22.6. The van der Waals surface area contributed by atoms with Crippen LogP contribution < -0.4 is 14.2 Å². The van der Waals surface area contributed by atoms with Gasteiger partial charge in [0.05, 0.1) is 26.2 Å². The molecule has 1 amide bonds. The predicted octanol–water partition coefficient (Wildman–Crippen LogP) is 3.61. The van der Waals surface area contributed by atoms with E-state index in [1.807, 2.05) is 30.3 Å². The van der Waals surface area contributed by atoms with E-state index in [1.165, 1.54) is 26.2 Å². The molecule has 0 aromatic heterocycles. The van der Waals surface area contributed by atoms with Gasteiger partial charge in [-0.3, -0.25) is 9.69 Å². The summed E-state index contributed by atoms with van der Waals surface area (Å²) in [6.45, 7) is 0. The Kier molecular flexibility index (Phi) is 7.19. The summed E-state index contributed by atoms with van der Waals surface area (Å²) in [5.41, 5.74) is 1.43. The molecular weight excluding hydrogens is 438 g/mol. The third-order valence-corrected chi connectivity index (χ3v) is 6.01. The van der Waals surface area contributed by atoms with E-state index in [0.29, 0.717) is 27.7 Å². The fourth-order valence-electron chi connectivity index (χ4n) is 3.21. The highest BCUT2D eigenvalue weighted by Gasteiger charge is 2.40. The first-order valence-electron chi connectivity index (χ1n) is 9.23. The zero-order chi connectivity index (χ0) is 22.5. The van der Waals surface area contributed by atoms with Crippen LogP contribution in [0.3, 0.4) is 0 Å². The van der Waals surface area contributed by atoms with Crippen molar-refractivity contribution in [2.75, 3.05) is 21.3 Å². The van der Waals surface area contributed by atoms with Crippen molar-refractivity contribution in [1.82, 2.24) is 4.90 Å². The molecule has 0 aliphatic carbocycles. The fourth-order valence-corrected chi connectivity index (χ4v) is 4.57. The van der Waals surface area contributed by atoms with Crippen LogP contribution in [0.15, 0.2) is 47.4 Å². The van der Waals surface area contributed by atoms with Crippen molar-refractivity contribution in [3.63, 3.8) is 0 Å². The van der Waals surface area contributed by atoms with Crippen molar-refractivity contribution in [3.05, 3.63) is 58.5 Å². The normalized spacial score (nSPS) is 15.8. The van der Waals surface area contributed by atoms with Gasteiger partial charge in [-0.1, -0.05) is 54.3 Å². The molecule has 162 valence electrons. The number of amides is 1. The monoisotopic (exact) mass is 459 g/mol. The molecule has 1 aliphatic heterocycles. The lowest BCUT2D eigenvalue weighted by molar-refractivity contribution is -0.145. The summed E-state index contributed by atoms with van der Waals surface area (Å²) in [5.74, 6) is -0.253. The average molecular weight is 460 g/mol. The van der Waals surface area contributed by atoms with Crippen molar-refractivity contribution in [2.24, 2.45) is 0 Å². The summed E-state index contributed by atoms with van der Waals surface area (Å²) in [7, 11) is 4.51. The number of benzene rings is 2. The van der Waals surface area contributed by atoms with Crippen LogP contribution in [0.4, 0.5) is 0 Å². The SMILES string of the molecule is COc1cc(/C=C2/SC(=S)N(C(Cc3ccccc3)C(=O)O)C2=O)cc(OC)c1OC. The Bertz CT molecular complexity index is 1010. The van der Waals surface area contributed by atoms with Crippen LogP contribution in [0.25, 0.3) is 6.08 Å². The molecule has 1 fully saturated rings. The molecule has 3 rings (SSSR count). The highest BCUT2D eigenvalue weighted by atomic mass is 32.2. The van der Waals surface area contributed by atoms with Gasteiger partial charge in [-0.15, -0.1) is 0 Å². The van der Waals surface area contributed by atoms with Gasteiger partial charge in [0.15, 0.2) is 11.5 Å². The molecule has 2 aromatic carbocycles. The summed E-state index contributed by atoms with van der Waals surface area (Å²) in [4.78, 5) is 26.5. The molecule has 1 saturated heterocycles. The number of ether oxygens (including phenoxy) is 3. The highest BCUT2D eigenvalue weighted by Crippen LogP contribution is 2.40. The van der Waals surface area contributed by atoms with Gasteiger partial charge in [-0.25, -0.2) is 4.79 Å². The van der Waals surface area contributed by atoms with Gasteiger partial charge in [-0.05, 0) is 29.3 Å². The number of thioether (sulfide) groups is 1. The maximum Gasteiger partial charge on any atom is 0.327 e. The minimum Gasteiger partial charge on any atom is -0.493 e. The molecule has 9 heteroatoms. The van der Waals surface area contributed by atoms with Crippen LogP contribution >= 0.6 is 24.0 Å². The number of rotatable bonds is 8. The highest BCUT2D eigenvalue weighted by molar-refractivity contribution is 8.26. The van der Waals surface area contributed by atoms with Gasteiger partial charge < -0.3 is 19.3 Å². The summed E-state index contributed by atoms with van der Waals surface area (Å²) in [6.07, 6.45) is 1.78. The second-order valence-corrected chi connectivity index (χ2v) is 8.23. The third kappa shape index (κ3) is 4.83. The third-order valence-electron chi connectivity index (χ3n) is 4.68. The first-order valence-corrected chi connectivity index (χ1v) is 10.5. The lowest BCUT2D eigenvalue weighted by Gasteiger charge is -2.23. The summed E-state index contributed by atoms with van der Waals surface area (Å²) in [5, 5.41) is 9.77. The van der Waals surface area contributed by atoms with Crippen LogP contribution in [0.5, 0.6) is 17.2 Å². The van der Waals surface area contributed by atoms with E-state index in [9.17, 15) is 14.7 Å². The van der Waals surface area contributed by atoms with Crippen molar-refractivity contribution < 1.29 is 28.9 Å². The Labute approximate surface area is 189 Å². The second kappa shape index (κ2) is 9.84. The average Bonchev–Trinajstić information content (AvgIpc) is 3.04. The van der Waals surface area contributed by atoms with E-state index in [0.717, 1.165) is 17.3 Å². The van der Waals surface area contributed by atoms with Gasteiger partial charge in [0.2, 0.25) is 5.75 Å². The van der Waals surface area contributed by atoms with Gasteiger partial charge >= 0.3 is 5.97 Å². The molecular formula is C22H21NO6S2. The van der Waals surface area contributed by atoms with E-state index in [-0.39, 0.29) is 10.7 Å². The smallest absolute Gasteiger partial charge is 0.327 e. The second-order valence-electron chi connectivity index (χ2n) is 6.55. The van der Waals surface area contributed by atoms with Crippen molar-refractivity contribution in [2.45, 2.75) is 12.5 Å². The Balaban J connectivity index is 1.93. The largest absolute Gasteiger partial charge is 0.493 e. The molecule has 1 N–H and O–H groups in total.